The number of nitrogens with one attached hydrogen (secondary N) is 1. The van der Waals surface area contributed by atoms with E-state index < -0.39 is 11.7 Å². The molecule has 2 rings (SSSR count). The van der Waals surface area contributed by atoms with E-state index in [2.05, 4.69) is 9.97 Å². The van der Waals surface area contributed by atoms with Crippen LogP contribution >= 0.6 is 0 Å². The molecule has 0 spiro atoms. The smallest absolute Gasteiger partial charge is 0.348 e. The van der Waals surface area contributed by atoms with E-state index in [4.69, 9.17) is 0 Å². The van der Waals surface area contributed by atoms with Crippen molar-refractivity contribution in [2.45, 2.75) is 25.4 Å². The quantitative estimate of drug-likeness (QED) is 0.882. The maximum absolute atomic E-state index is 12.7. The normalized spacial score (nSPS) is 13.6. The van der Waals surface area contributed by atoms with Gasteiger partial charge in [-0.1, -0.05) is 25.1 Å². The van der Waals surface area contributed by atoms with Crippen LogP contribution in [0.5, 0.6) is 0 Å². The molecular formula is C13H13F3N2. The van der Waals surface area contributed by atoms with Crippen molar-refractivity contribution in [2.75, 3.05) is 0 Å². The standard InChI is InChI=1S/C13H13F3N2/c1-2-11(12-7-17-8-18-12)9-4-3-5-10(6-9)13(14,15)16/h3-8,11H,2H2,1H3,(H,17,18). The van der Waals surface area contributed by atoms with E-state index in [1.807, 2.05) is 6.92 Å². The van der Waals surface area contributed by atoms with Crippen LogP contribution in [0.2, 0.25) is 0 Å². The third kappa shape index (κ3) is 2.55. The van der Waals surface area contributed by atoms with E-state index in [1.165, 1.54) is 18.5 Å². The highest BCUT2D eigenvalue weighted by atomic mass is 19.4. The zero-order valence-electron chi connectivity index (χ0n) is 9.83. The molecule has 0 aliphatic carbocycles. The molecule has 2 aromatic rings. The molecule has 0 aliphatic rings. The Morgan fingerprint density at radius 2 is 2.11 bits per heavy atom. The molecule has 5 heteroatoms. The molecule has 0 saturated carbocycles. The highest BCUT2D eigenvalue weighted by Gasteiger charge is 2.31. The van der Waals surface area contributed by atoms with Crippen molar-refractivity contribution < 1.29 is 13.2 Å². The molecule has 1 unspecified atom stereocenters. The number of halogens is 3. The first-order chi connectivity index (χ1) is 8.52. The van der Waals surface area contributed by atoms with Gasteiger partial charge < -0.3 is 4.98 Å². The zero-order valence-corrected chi connectivity index (χ0v) is 9.83. The Bertz CT molecular complexity index is 503. The minimum Gasteiger partial charge on any atom is -0.348 e. The predicted octanol–water partition coefficient (Wildman–Crippen LogP) is 3.97. The van der Waals surface area contributed by atoms with Crippen LogP contribution in [-0.4, -0.2) is 9.97 Å². The number of rotatable bonds is 3. The number of aromatic nitrogens is 2. The number of hydrogen-bond donors (Lipinski definition) is 1. The van der Waals surface area contributed by atoms with E-state index in [-0.39, 0.29) is 5.92 Å². The molecule has 1 heterocycles. The molecule has 0 radical (unpaired) electrons. The van der Waals surface area contributed by atoms with Crippen LogP contribution in [0, 0.1) is 0 Å². The fraction of sp³-hybridized carbons (Fsp3) is 0.308. The molecule has 1 atom stereocenters. The van der Waals surface area contributed by atoms with Gasteiger partial charge in [0, 0.05) is 17.8 Å². The summed E-state index contributed by atoms with van der Waals surface area (Å²) in [5.74, 6) is -0.0881. The van der Waals surface area contributed by atoms with Gasteiger partial charge in [-0.15, -0.1) is 0 Å². The summed E-state index contributed by atoms with van der Waals surface area (Å²) >= 11 is 0. The average molecular weight is 254 g/mol. The molecule has 0 aliphatic heterocycles. The van der Waals surface area contributed by atoms with Gasteiger partial charge in [0.15, 0.2) is 0 Å². The number of imidazole rings is 1. The predicted molar refractivity (Wildman–Crippen MR) is 62.2 cm³/mol. The molecule has 0 amide bonds. The van der Waals surface area contributed by atoms with E-state index in [1.54, 1.807) is 12.3 Å². The second-order valence-corrected chi connectivity index (χ2v) is 4.09. The SMILES string of the molecule is CCC(c1cccc(C(F)(F)F)c1)c1cnc[nH]1. The van der Waals surface area contributed by atoms with Gasteiger partial charge in [-0.25, -0.2) is 4.98 Å². The lowest BCUT2D eigenvalue weighted by Gasteiger charge is -2.15. The molecule has 18 heavy (non-hydrogen) atoms. The van der Waals surface area contributed by atoms with Crippen LogP contribution < -0.4 is 0 Å². The van der Waals surface area contributed by atoms with Crippen molar-refractivity contribution >= 4 is 0 Å². The molecule has 1 aromatic heterocycles. The lowest BCUT2D eigenvalue weighted by atomic mass is 9.92. The Hall–Kier alpha value is -1.78. The summed E-state index contributed by atoms with van der Waals surface area (Å²) in [4.78, 5) is 6.86. The highest BCUT2D eigenvalue weighted by Crippen LogP contribution is 2.33. The number of nitrogens with zero attached hydrogens (tertiary/aromatic N) is 1. The fourth-order valence-electron chi connectivity index (χ4n) is 2.02. The third-order valence-corrected chi connectivity index (χ3v) is 2.92. The second kappa shape index (κ2) is 4.84. The van der Waals surface area contributed by atoms with Crippen LogP contribution in [0.1, 0.15) is 36.1 Å². The first kappa shape index (κ1) is 12.7. The topological polar surface area (TPSA) is 28.7 Å². The Morgan fingerprint density at radius 1 is 1.33 bits per heavy atom. The van der Waals surface area contributed by atoms with Crippen molar-refractivity contribution in [3.05, 3.63) is 53.6 Å². The molecule has 0 saturated heterocycles. The lowest BCUT2D eigenvalue weighted by molar-refractivity contribution is -0.137. The molecule has 0 bridgehead atoms. The second-order valence-electron chi connectivity index (χ2n) is 4.09. The molecule has 0 fully saturated rings. The Balaban J connectivity index is 2.38. The summed E-state index contributed by atoms with van der Waals surface area (Å²) in [6.07, 6.45) is -0.411. The Labute approximate surface area is 103 Å². The van der Waals surface area contributed by atoms with Gasteiger partial charge in [0.1, 0.15) is 0 Å². The van der Waals surface area contributed by atoms with E-state index in [9.17, 15) is 13.2 Å². The molecule has 1 aromatic carbocycles. The summed E-state index contributed by atoms with van der Waals surface area (Å²) < 4.78 is 38.0. The number of aromatic amines is 1. The first-order valence-electron chi connectivity index (χ1n) is 5.67. The average Bonchev–Trinajstić information content (AvgIpc) is 2.83. The summed E-state index contributed by atoms with van der Waals surface area (Å²) in [6.45, 7) is 1.94. The van der Waals surface area contributed by atoms with Gasteiger partial charge in [0.2, 0.25) is 0 Å². The van der Waals surface area contributed by atoms with Gasteiger partial charge in [0.05, 0.1) is 11.9 Å². The lowest BCUT2D eigenvalue weighted by Crippen LogP contribution is -2.07. The van der Waals surface area contributed by atoms with Crippen LogP contribution in [0.15, 0.2) is 36.8 Å². The van der Waals surface area contributed by atoms with Crippen LogP contribution in [0.25, 0.3) is 0 Å². The van der Waals surface area contributed by atoms with Crippen LogP contribution in [0.3, 0.4) is 0 Å². The van der Waals surface area contributed by atoms with Crippen molar-refractivity contribution in [3.63, 3.8) is 0 Å². The summed E-state index contributed by atoms with van der Waals surface area (Å²) in [5, 5.41) is 0. The summed E-state index contributed by atoms with van der Waals surface area (Å²) in [7, 11) is 0. The summed E-state index contributed by atoms with van der Waals surface area (Å²) in [6, 6.07) is 5.44. The van der Waals surface area contributed by atoms with Gasteiger partial charge in [-0.05, 0) is 18.1 Å². The monoisotopic (exact) mass is 254 g/mol. The van der Waals surface area contributed by atoms with Gasteiger partial charge >= 0.3 is 6.18 Å². The van der Waals surface area contributed by atoms with E-state index in [0.717, 1.165) is 11.8 Å². The van der Waals surface area contributed by atoms with Crippen molar-refractivity contribution in [3.8, 4) is 0 Å². The third-order valence-electron chi connectivity index (χ3n) is 2.92. The number of benzene rings is 1. The molecule has 1 N–H and O–H groups in total. The maximum Gasteiger partial charge on any atom is 0.416 e. The number of H-pyrrole nitrogens is 1. The van der Waals surface area contributed by atoms with Gasteiger partial charge in [-0.2, -0.15) is 13.2 Å². The van der Waals surface area contributed by atoms with Gasteiger partial charge in [0.25, 0.3) is 0 Å². The highest BCUT2D eigenvalue weighted by molar-refractivity contribution is 5.32. The minimum absolute atomic E-state index is 0.0881. The van der Waals surface area contributed by atoms with Crippen LogP contribution in [0.4, 0.5) is 13.2 Å². The number of hydrogen-bond acceptors (Lipinski definition) is 1. The maximum atomic E-state index is 12.7. The molecular weight excluding hydrogens is 241 g/mol. The van der Waals surface area contributed by atoms with Crippen molar-refractivity contribution in [1.82, 2.24) is 9.97 Å². The van der Waals surface area contributed by atoms with Gasteiger partial charge in [-0.3, -0.25) is 0 Å². The first-order valence-corrected chi connectivity index (χ1v) is 5.67. The minimum atomic E-state index is -4.30. The largest absolute Gasteiger partial charge is 0.416 e. The van der Waals surface area contributed by atoms with Crippen molar-refractivity contribution in [1.29, 1.82) is 0 Å². The number of alkyl halides is 3. The van der Waals surface area contributed by atoms with E-state index >= 15 is 0 Å². The summed E-state index contributed by atoms with van der Waals surface area (Å²) in [5.41, 5.74) is 0.867. The van der Waals surface area contributed by atoms with Crippen LogP contribution in [-0.2, 0) is 6.18 Å². The molecule has 96 valence electrons. The Kier molecular flexibility index (Phi) is 3.41. The van der Waals surface area contributed by atoms with E-state index in [0.29, 0.717) is 12.0 Å². The van der Waals surface area contributed by atoms with Crippen molar-refractivity contribution in [2.24, 2.45) is 0 Å². The zero-order chi connectivity index (χ0) is 13.2. The fourth-order valence-corrected chi connectivity index (χ4v) is 2.02. The Morgan fingerprint density at radius 3 is 2.67 bits per heavy atom. The molecule has 2 nitrogen and oxygen atoms in total.